The first kappa shape index (κ1) is 12.3. The van der Waals surface area contributed by atoms with E-state index >= 15 is 0 Å². The Labute approximate surface area is 101 Å². The van der Waals surface area contributed by atoms with Crippen molar-refractivity contribution in [2.45, 2.75) is 11.8 Å². The van der Waals surface area contributed by atoms with Crippen LogP contribution in [0.4, 0.5) is 0 Å². The second-order valence-corrected chi connectivity index (χ2v) is 3.76. The van der Waals surface area contributed by atoms with Gasteiger partial charge in [0.25, 0.3) is 0 Å². The van der Waals surface area contributed by atoms with Crippen molar-refractivity contribution in [2.75, 3.05) is 7.11 Å². The van der Waals surface area contributed by atoms with Gasteiger partial charge in [-0.25, -0.2) is 0 Å². The van der Waals surface area contributed by atoms with Crippen LogP contribution < -0.4 is 4.74 Å². The molecule has 0 amide bonds. The van der Waals surface area contributed by atoms with E-state index in [-0.39, 0.29) is 25.9 Å². The van der Waals surface area contributed by atoms with Gasteiger partial charge < -0.3 is 7.59 Å². The van der Waals surface area contributed by atoms with Gasteiger partial charge in [-0.15, -0.1) is 0 Å². The molecule has 12 heavy (non-hydrogen) atoms. The van der Waals surface area contributed by atoms with Gasteiger partial charge in [-0.2, -0.15) is 0 Å². The molecule has 0 aliphatic carbocycles. The second kappa shape index (κ2) is 5.83. The maximum Gasteiger partial charge on any atom is 2.00 e. The van der Waals surface area contributed by atoms with Crippen molar-refractivity contribution in [1.82, 2.24) is 0 Å². The molecule has 0 aromatic heterocycles. The van der Waals surface area contributed by atoms with Crippen LogP contribution in [0.15, 0.2) is 24.3 Å². The zero-order valence-electron chi connectivity index (χ0n) is 9.38. The van der Waals surface area contributed by atoms with Crippen molar-refractivity contribution in [3.8, 4) is 5.75 Å². The summed E-state index contributed by atoms with van der Waals surface area (Å²) in [5, 5.41) is 0. The largest absolute Gasteiger partial charge is 2.00 e. The molecule has 1 unspecified atom stereocenters. The number of halogens is 1. The second-order valence-electron chi connectivity index (χ2n) is 2.39. The van der Waals surface area contributed by atoms with E-state index in [4.69, 9.17) is 4.74 Å². The van der Waals surface area contributed by atoms with Crippen LogP contribution in [0.3, 0.4) is 0 Å². The van der Waals surface area contributed by atoms with Crippen LogP contribution in [0, 0.1) is 0 Å². The Kier molecular flexibility index (Phi) is 5.96. The molecule has 3 heteroatoms. The third kappa shape index (κ3) is 3.33. The van der Waals surface area contributed by atoms with E-state index in [9.17, 15) is 0 Å². The van der Waals surface area contributed by atoms with Crippen molar-refractivity contribution >= 4 is 39.0 Å². The number of ether oxygens (including phenoxy) is 1. The molecule has 0 saturated heterocycles. The zero-order chi connectivity index (χ0) is 8.27. The van der Waals surface area contributed by atoms with Gasteiger partial charge >= 0.3 is 23.1 Å². The first-order valence-corrected chi connectivity index (χ1v) is 4.43. The Morgan fingerprint density at radius 3 is 2.17 bits per heavy atom. The van der Waals surface area contributed by atoms with Gasteiger partial charge in [-0.1, -0.05) is 28.1 Å². The number of methoxy groups -OCH3 is 1. The molecule has 0 heterocycles. The molecule has 0 bridgehead atoms. The average Bonchev–Trinajstić information content (AvgIpc) is 2.05. The predicted molar refractivity (Wildman–Crippen MR) is 58.3 cm³/mol. The summed E-state index contributed by atoms with van der Waals surface area (Å²) in [5.41, 5.74) is 1.27. The van der Waals surface area contributed by atoms with Crippen LogP contribution in [0.25, 0.3) is 0 Å². The van der Waals surface area contributed by atoms with Crippen LogP contribution >= 0.6 is 15.9 Å². The van der Waals surface area contributed by atoms with E-state index in [2.05, 4.69) is 35.0 Å². The first-order valence-electron chi connectivity index (χ1n) is 3.52. The van der Waals surface area contributed by atoms with Crippen LogP contribution in [0.1, 0.15) is 20.2 Å². The Morgan fingerprint density at radius 1 is 1.33 bits per heavy atom. The number of alkyl halides is 1. The molecule has 1 nitrogen and oxygen atoms in total. The first-order chi connectivity index (χ1) is 5.24. The maximum atomic E-state index is 5.03. The Morgan fingerprint density at radius 2 is 1.83 bits per heavy atom. The van der Waals surface area contributed by atoms with E-state index in [1.54, 1.807) is 7.11 Å². The minimum Gasteiger partial charge on any atom is -1.00 e. The van der Waals surface area contributed by atoms with Crippen molar-refractivity contribution in [1.29, 1.82) is 0 Å². The molecule has 1 aromatic carbocycles. The number of hydrogen-bond donors (Lipinski definition) is 0. The average molecular weight is 241 g/mol. The summed E-state index contributed by atoms with van der Waals surface area (Å²) < 4.78 is 5.03. The summed E-state index contributed by atoms with van der Waals surface area (Å²) in [6, 6.07) is 8.04. The van der Waals surface area contributed by atoms with Gasteiger partial charge in [-0.05, 0) is 24.6 Å². The topological polar surface area (TPSA) is 9.23 Å². The smallest absolute Gasteiger partial charge is 1.00 e. The fourth-order valence-corrected chi connectivity index (χ4v) is 1.17. The number of rotatable bonds is 2. The normalized spacial score (nSPS) is 11.6. The molecule has 1 atom stereocenters. The molecule has 0 fully saturated rings. The number of benzene rings is 1. The Hall–Kier alpha value is 0.266. The molecule has 0 aliphatic rings. The van der Waals surface area contributed by atoms with Gasteiger partial charge in [0.15, 0.2) is 0 Å². The maximum absolute atomic E-state index is 5.03. The summed E-state index contributed by atoms with van der Waals surface area (Å²) in [5.74, 6) is 0.905. The fraction of sp³-hybridized carbons (Fsp3) is 0.333. The van der Waals surface area contributed by atoms with E-state index in [1.807, 2.05) is 12.1 Å². The van der Waals surface area contributed by atoms with E-state index < -0.39 is 0 Å². The SMILES string of the molecule is COc1ccc(C(C)Br)cc1.[H-].[H-].[Mg+2]. The van der Waals surface area contributed by atoms with Gasteiger partial charge in [0.05, 0.1) is 7.11 Å². The fourth-order valence-electron chi connectivity index (χ4n) is 0.869. The molecule has 0 radical (unpaired) electrons. The standard InChI is InChI=1S/C9H11BrO.Mg.2H/c1-7(10)8-3-5-9(11-2)6-4-8;;;/h3-7H,1-2H3;;;/q;+2;2*-1. The van der Waals surface area contributed by atoms with E-state index in [0.717, 1.165) is 5.75 Å². The molecule has 0 N–H and O–H groups in total. The van der Waals surface area contributed by atoms with Crippen LogP contribution in [0.2, 0.25) is 0 Å². The van der Waals surface area contributed by atoms with Crippen molar-refractivity contribution in [3.05, 3.63) is 29.8 Å². The van der Waals surface area contributed by atoms with Crippen LogP contribution in [-0.2, 0) is 0 Å². The Bertz CT molecular complexity index is 229. The van der Waals surface area contributed by atoms with E-state index in [1.165, 1.54) is 5.56 Å². The summed E-state index contributed by atoms with van der Waals surface area (Å²) in [6.45, 7) is 2.10. The summed E-state index contributed by atoms with van der Waals surface area (Å²) in [6.07, 6.45) is 0. The van der Waals surface area contributed by atoms with E-state index in [0.29, 0.717) is 4.83 Å². The van der Waals surface area contributed by atoms with Crippen molar-refractivity contribution in [3.63, 3.8) is 0 Å². The van der Waals surface area contributed by atoms with Gasteiger partial charge in [0.2, 0.25) is 0 Å². The molecular weight excluding hydrogens is 228 g/mol. The van der Waals surface area contributed by atoms with Crippen molar-refractivity contribution in [2.24, 2.45) is 0 Å². The molecule has 0 spiro atoms. The Balaban J connectivity index is -0.000000403. The van der Waals surface area contributed by atoms with Crippen molar-refractivity contribution < 1.29 is 7.59 Å². The van der Waals surface area contributed by atoms with Crippen LogP contribution in [0.5, 0.6) is 5.75 Å². The molecular formula is C9H13BrMgO. The minimum atomic E-state index is 0. The summed E-state index contributed by atoms with van der Waals surface area (Å²) >= 11 is 3.49. The molecule has 1 rings (SSSR count). The molecule has 0 aliphatic heterocycles. The third-order valence-electron chi connectivity index (χ3n) is 1.58. The summed E-state index contributed by atoms with van der Waals surface area (Å²) in [4.78, 5) is 0.411. The van der Waals surface area contributed by atoms with Crippen LogP contribution in [-0.4, -0.2) is 30.2 Å². The van der Waals surface area contributed by atoms with Gasteiger partial charge in [0, 0.05) is 4.83 Å². The van der Waals surface area contributed by atoms with Gasteiger partial charge in [-0.3, -0.25) is 0 Å². The molecule has 0 saturated carbocycles. The number of hydrogen-bond acceptors (Lipinski definition) is 1. The predicted octanol–water partition coefficient (Wildman–Crippen LogP) is 3.00. The third-order valence-corrected chi connectivity index (χ3v) is 2.10. The molecule has 64 valence electrons. The monoisotopic (exact) mass is 240 g/mol. The molecule has 1 aromatic rings. The quantitative estimate of drug-likeness (QED) is 0.571. The minimum absolute atomic E-state index is 0. The zero-order valence-corrected chi connectivity index (χ0v) is 10.4. The summed E-state index contributed by atoms with van der Waals surface area (Å²) in [7, 11) is 1.67. The van der Waals surface area contributed by atoms with Gasteiger partial charge in [0.1, 0.15) is 5.75 Å².